The number of hydrogen-bond acceptors (Lipinski definition) is 3. The highest BCUT2D eigenvalue weighted by molar-refractivity contribution is 5.03. The minimum absolute atomic E-state index is 0.705. The second-order valence-electron chi connectivity index (χ2n) is 6.58. The number of rotatable bonds is 5. The molecule has 3 unspecified atom stereocenters. The Labute approximate surface area is 122 Å². The molecule has 1 aliphatic heterocycles. The number of nitrogens with one attached hydrogen (secondary N) is 1. The SMILES string of the molecule is CN(CCc1ccccn1)CC1CC2CCCCC2N1. The predicted molar refractivity (Wildman–Crippen MR) is 82.7 cm³/mol. The van der Waals surface area contributed by atoms with Crippen LogP contribution in [0.4, 0.5) is 0 Å². The van der Waals surface area contributed by atoms with E-state index in [1.54, 1.807) is 0 Å². The molecule has 1 aromatic heterocycles. The summed E-state index contributed by atoms with van der Waals surface area (Å²) >= 11 is 0. The highest BCUT2D eigenvalue weighted by atomic mass is 15.1. The Balaban J connectivity index is 1.42. The first-order valence-electron chi connectivity index (χ1n) is 8.16. The molecule has 20 heavy (non-hydrogen) atoms. The van der Waals surface area contributed by atoms with Gasteiger partial charge in [-0.15, -0.1) is 0 Å². The van der Waals surface area contributed by atoms with Crippen LogP contribution in [0.25, 0.3) is 0 Å². The molecule has 3 heteroatoms. The Hall–Kier alpha value is -0.930. The number of fused-ring (bicyclic) bond motifs is 1. The van der Waals surface area contributed by atoms with Crippen molar-refractivity contribution in [2.24, 2.45) is 5.92 Å². The van der Waals surface area contributed by atoms with Gasteiger partial charge in [-0.3, -0.25) is 4.98 Å². The van der Waals surface area contributed by atoms with Crippen LogP contribution in [0.3, 0.4) is 0 Å². The van der Waals surface area contributed by atoms with Crippen LogP contribution in [-0.2, 0) is 6.42 Å². The third-order valence-electron chi connectivity index (χ3n) is 4.95. The summed E-state index contributed by atoms with van der Waals surface area (Å²) in [6, 6.07) is 7.70. The third kappa shape index (κ3) is 3.58. The van der Waals surface area contributed by atoms with E-state index in [0.717, 1.165) is 24.9 Å². The molecule has 3 atom stereocenters. The van der Waals surface area contributed by atoms with Gasteiger partial charge in [-0.2, -0.15) is 0 Å². The summed E-state index contributed by atoms with van der Waals surface area (Å²) in [4.78, 5) is 6.86. The maximum atomic E-state index is 4.40. The van der Waals surface area contributed by atoms with E-state index in [2.05, 4.69) is 34.4 Å². The van der Waals surface area contributed by atoms with Gasteiger partial charge < -0.3 is 10.2 Å². The van der Waals surface area contributed by atoms with Gasteiger partial charge in [-0.1, -0.05) is 18.9 Å². The fourth-order valence-electron chi connectivity index (χ4n) is 3.89. The van der Waals surface area contributed by atoms with E-state index in [-0.39, 0.29) is 0 Å². The Morgan fingerprint density at radius 3 is 3.00 bits per heavy atom. The maximum absolute atomic E-state index is 4.40. The van der Waals surface area contributed by atoms with Crippen molar-refractivity contribution in [1.29, 1.82) is 0 Å². The fraction of sp³-hybridized carbons (Fsp3) is 0.706. The monoisotopic (exact) mass is 273 g/mol. The van der Waals surface area contributed by atoms with E-state index < -0.39 is 0 Å². The van der Waals surface area contributed by atoms with Crippen molar-refractivity contribution in [2.75, 3.05) is 20.1 Å². The van der Waals surface area contributed by atoms with Crippen LogP contribution >= 0.6 is 0 Å². The molecule has 1 saturated carbocycles. The molecular formula is C17H27N3. The predicted octanol–water partition coefficient (Wildman–Crippen LogP) is 2.48. The largest absolute Gasteiger partial charge is 0.310 e. The smallest absolute Gasteiger partial charge is 0.0416 e. The van der Waals surface area contributed by atoms with Crippen molar-refractivity contribution in [2.45, 2.75) is 50.6 Å². The lowest BCUT2D eigenvalue weighted by Crippen LogP contribution is -2.39. The van der Waals surface area contributed by atoms with Gasteiger partial charge in [0.05, 0.1) is 0 Å². The molecule has 0 spiro atoms. The summed E-state index contributed by atoms with van der Waals surface area (Å²) in [5, 5.41) is 3.86. The van der Waals surface area contributed by atoms with Crippen molar-refractivity contribution in [3.05, 3.63) is 30.1 Å². The molecule has 2 aliphatic rings. The molecule has 0 bridgehead atoms. The molecule has 2 fully saturated rings. The van der Waals surface area contributed by atoms with E-state index in [9.17, 15) is 0 Å². The zero-order chi connectivity index (χ0) is 13.8. The molecule has 1 aliphatic carbocycles. The number of hydrogen-bond donors (Lipinski definition) is 1. The Kier molecular flexibility index (Phi) is 4.69. The zero-order valence-electron chi connectivity index (χ0n) is 12.6. The molecule has 1 N–H and O–H groups in total. The van der Waals surface area contributed by atoms with Crippen molar-refractivity contribution in [3.63, 3.8) is 0 Å². The van der Waals surface area contributed by atoms with Crippen LogP contribution in [0.2, 0.25) is 0 Å². The van der Waals surface area contributed by atoms with Gasteiger partial charge >= 0.3 is 0 Å². The van der Waals surface area contributed by atoms with Gasteiger partial charge in [-0.05, 0) is 44.4 Å². The highest BCUT2D eigenvalue weighted by Gasteiger charge is 2.35. The first kappa shape index (κ1) is 14.0. The van der Waals surface area contributed by atoms with Gasteiger partial charge in [0, 0.05) is 43.5 Å². The molecular weight excluding hydrogens is 246 g/mol. The lowest BCUT2D eigenvalue weighted by Gasteiger charge is -2.24. The summed E-state index contributed by atoms with van der Waals surface area (Å²) < 4.78 is 0. The third-order valence-corrected chi connectivity index (χ3v) is 4.95. The van der Waals surface area contributed by atoms with E-state index in [1.165, 1.54) is 44.3 Å². The average Bonchev–Trinajstić information content (AvgIpc) is 2.88. The minimum Gasteiger partial charge on any atom is -0.310 e. The normalized spacial score (nSPS) is 29.6. The quantitative estimate of drug-likeness (QED) is 0.893. The van der Waals surface area contributed by atoms with Crippen LogP contribution in [0.1, 0.15) is 37.8 Å². The highest BCUT2D eigenvalue weighted by Crippen LogP contribution is 2.33. The van der Waals surface area contributed by atoms with Gasteiger partial charge in [0.25, 0.3) is 0 Å². The topological polar surface area (TPSA) is 28.2 Å². The van der Waals surface area contributed by atoms with Crippen LogP contribution in [-0.4, -0.2) is 42.1 Å². The molecule has 0 aromatic carbocycles. The van der Waals surface area contributed by atoms with Crippen LogP contribution < -0.4 is 5.32 Å². The summed E-state index contributed by atoms with van der Waals surface area (Å²) in [6.45, 7) is 2.28. The Morgan fingerprint density at radius 1 is 1.30 bits per heavy atom. The number of nitrogens with zero attached hydrogens (tertiary/aromatic N) is 2. The molecule has 1 saturated heterocycles. The van der Waals surface area contributed by atoms with E-state index >= 15 is 0 Å². The average molecular weight is 273 g/mol. The van der Waals surface area contributed by atoms with Crippen molar-refractivity contribution >= 4 is 0 Å². The molecule has 2 heterocycles. The molecule has 3 nitrogen and oxygen atoms in total. The summed E-state index contributed by atoms with van der Waals surface area (Å²) in [5.74, 6) is 0.956. The van der Waals surface area contributed by atoms with E-state index in [4.69, 9.17) is 0 Å². The lowest BCUT2D eigenvalue weighted by molar-refractivity contribution is 0.298. The number of likely N-dealkylation sites (N-methyl/N-ethyl adjacent to an activating group) is 1. The standard InChI is InChI=1S/C17H27N3/c1-20(11-9-15-7-4-5-10-18-15)13-16-12-14-6-2-3-8-17(14)19-16/h4-5,7,10,14,16-17,19H,2-3,6,8-9,11-13H2,1H3. The second-order valence-corrected chi connectivity index (χ2v) is 6.58. The van der Waals surface area contributed by atoms with Gasteiger partial charge in [0.2, 0.25) is 0 Å². The van der Waals surface area contributed by atoms with Crippen molar-refractivity contribution in [3.8, 4) is 0 Å². The lowest BCUT2D eigenvalue weighted by atomic mass is 9.85. The molecule has 1 aromatic rings. The first-order chi connectivity index (χ1) is 9.81. The molecule has 0 amide bonds. The number of pyridine rings is 1. The maximum Gasteiger partial charge on any atom is 0.0416 e. The van der Waals surface area contributed by atoms with Crippen LogP contribution in [0, 0.1) is 5.92 Å². The minimum atomic E-state index is 0.705. The molecule has 0 radical (unpaired) electrons. The Bertz CT molecular complexity index is 392. The Morgan fingerprint density at radius 2 is 2.20 bits per heavy atom. The van der Waals surface area contributed by atoms with Crippen LogP contribution in [0.15, 0.2) is 24.4 Å². The van der Waals surface area contributed by atoms with E-state index in [0.29, 0.717) is 6.04 Å². The summed E-state index contributed by atoms with van der Waals surface area (Å²) in [5.41, 5.74) is 1.20. The summed E-state index contributed by atoms with van der Waals surface area (Å²) in [7, 11) is 2.24. The van der Waals surface area contributed by atoms with Crippen LogP contribution in [0.5, 0.6) is 0 Å². The fourth-order valence-corrected chi connectivity index (χ4v) is 3.89. The van der Waals surface area contributed by atoms with Gasteiger partial charge in [0.1, 0.15) is 0 Å². The summed E-state index contributed by atoms with van der Waals surface area (Å²) in [6.07, 6.45) is 10.1. The molecule has 110 valence electrons. The first-order valence-corrected chi connectivity index (χ1v) is 8.16. The molecule has 3 rings (SSSR count). The van der Waals surface area contributed by atoms with Crippen molar-refractivity contribution in [1.82, 2.24) is 15.2 Å². The second kappa shape index (κ2) is 6.68. The van der Waals surface area contributed by atoms with Gasteiger partial charge in [-0.25, -0.2) is 0 Å². The van der Waals surface area contributed by atoms with E-state index in [1.807, 2.05) is 12.3 Å². The van der Waals surface area contributed by atoms with Gasteiger partial charge in [0.15, 0.2) is 0 Å². The van der Waals surface area contributed by atoms with Crippen molar-refractivity contribution < 1.29 is 0 Å². The zero-order valence-corrected chi connectivity index (χ0v) is 12.6. The number of aromatic nitrogens is 1.